The smallest absolute Gasteiger partial charge is 0.292 e. The average molecular weight is 756 g/mol. The fraction of sp³-hybridized carbons (Fsp3) is 0.286. The first-order valence-electron chi connectivity index (χ1n) is 16.9. The van der Waals surface area contributed by atoms with E-state index in [0.29, 0.717) is 34.9 Å². The summed E-state index contributed by atoms with van der Waals surface area (Å²) in [4.78, 5) is 95.6. The number of anilines is 5. The highest BCUT2D eigenvalue weighted by atomic mass is 16.2. The molecular weight excluding hydrogens is 714 g/mol. The summed E-state index contributed by atoms with van der Waals surface area (Å²) < 4.78 is 7.59. The van der Waals surface area contributed by atoms with E-state index >= 15 is 0 Å². The second kappa shape index (κ2) is 16.2. The highest BCUT2D eigenvalue weighted by molar-refractivity contribution is 6.06. The number of carbonyl (C=O) groups excluding carboxylic acids is 7. The van der Waals surface area contributed by atoms with E-state index in [-0.39, 0.29) is 59.5 Å². The predicted molar refractivity (Wildman–Crippen MR) is 201 cm³/mol. The largest absolute Gasteiger partial charge is 0.351 e. The molecule has 20 nitrogen and oxygen atoms in total. The molecule has 20 heteroatoms. The van der Waals surface area contributed by atoms with Gasteiger partial charge in [-0.25, -0.2) is 9.97 Å². The summed E-state index contributed by atoms with van der Waals surface area (Å²) in [6.45, 7) is 2.95. The minimum absolute atomic E-state index is 0.0131. The van der Waals surface area contributed by atoms with Gasteiger partial charge in [-0.15, -0.1) is 0 Å². The normalized spacial score (nSPS) is 10.8. The van der Waals surface area contributed by atoms with Crippen molar-refractivity contribution in [3.63, 3.8) is 0 Å². The zero-order chi connectivity index (χ0) is 40.1. The Balaban J connectivity index is 1.08. The van der Waals surface area contributed by atoms with Gasteiger partial charge < -0.3 is 54.7 Å². The van der Waals surface area contributed by atoms with Crippen LogP contribution in [0.4, 0.5) is 28.7 Å². The van der Waals surface area contributed by atoms with Gasteiger partial charge in [-0.1, -0.05) is 0 Å². The summed E-state index contributed by atoms with van der Waals surface area (Å²) in [5.74, 6) is -2.52. The Morgan fingerprint density at radius 2 is 0.982 bits per heavy atom. The lowest BCUT2D eigenvalue weighted by molar-refractivity contribution is -0.116. The van der Waals surface area contributed by atoms with Gasteiger partial charge in [0.1, 0.15) is 11.4 Å². The van der Waals surface area contributed by atoms with Gasteiger partial charge in [-0.3, -0.25) is 33.6 Å². The van der Waals surface area contributed by atoms with Gasteiger partial charge in [0.25, 0.3) is 23.6 Å². The van der Waals surface area contributed by atoms with Crippen molar-refractivity contribution in [1.82, 2.24) is 38.1 Å². The van der Waals surface area contributed by atoms with Crippen LogP contribution < -0.4 is 31.9 Å². The Morgan fingerprint density at radius 1 is 0.527 bits per heavy atom. The zero-order valence-electron chi connectivity index (χ0n) is 31.2. The molecule has 0 bridgehead atoms. The van der Waals surface area contributed by atoms with Crippen LogP contribution in [0.2, 0.25) is 0 Å². The van der Waals surface area contributed by atoms with Gasteiger partial charge in [0.2, 0.25) is 23.5 Å². The molecule has 0 aliphatic rings. The van der Waals surface area contributed by atoms with Crippen molar-refractivity contribution in [3.8, 4) is 0 Å². The highest BCUT2D eigenvalue weighted by Crippen LogP contribution is 2.19. The highest BCUT2D eigenvalue weighted by Gasteiger charge is 2.21. The van der Waals surface area contributed by atoms with Gasteiger partial charge in [0.15, 0.2) is 17.4 Å². The van der Waals surface area contributed by atoms with Crippen LogP contribution in [0.1, 0.15) is 79.4 Å². The molecule has 0 spiro atoms. The van der Waals surface area contributed by atoms with Gasteiger partial charge in [-0.05, 0) is 24.6 Å². The van der Waals surface area contributed by atoms with E-state index in [4.69, 9.17) is 0 Å². The lowest BCUT2D eigenvalue weighted by Crippen LogP contribution is -2.27. The molecule has 5 aromatic rings. The number of rotatable bonds is 14. The van der Waals surface area contributed by atoms with Crippen LogP contribution in [0.5, 0.6) is 0 Å². The monoisotopic (exact) mass is 755 g/mol. The number of aryl methyl sites for hydroxylation is 5. The molecular formula is C35H41N13O7. The van der Waals surface area contributed by atoms with Crippen LogP contribution in [-0.2, 0) is 44.8 Å². The number of hydrogen-bond donors (Lipinski definition) is 6. The molecule has 6 N–H and O–H groups in total. The molecule has 0 aliphatic carbocycles. The quantitative estimate of drug-likeness (QED) is 0.0718. The summed E-state index contributed by atoms with van der Waals surface area (Å²) in [7, 11) is 8.18. The topological polar surface area (TPSA) is 242 Å². The third-order valence-corrected chi connectivity index (χ3v) is 8.21. The molecule has 0 saturated carbocycles. The summed E-state index contributed by atoms with van der Waals surface area (Å²) in [5.41, 5.74) is 2.22. The van der Waals surface area contributed by atoms with Gasteiger partial charge in [-0.2, -0.15) is 0 Å². The third-order valence-electron chi connectivity index (χ3n) is 8.21. The predicted octanol–water partition coefficient (Wildman–Crippen LogP) is 2.24. The van der Waals surface area contributed by atoms with Crippen molar-refractivity contribution in [3.05, 3.63) is 77.9 Å². The molecule has 55 heavy (non-hydrogen) atoms. The van der Waals surface area contributed by atoms with Gasteiger partial charge in [0.05, 0.1) is 22.8 Å². The maximum atomic E-state index is 13.1. The van der Waals surface area contributed by atoms with Crippen molar-refractivity contribution in [2.24, 2.45) is 35.2 Å². The van der Waals surface area contributed by atoms with Crippen LogP contribution in [0, 0.1) is 0 Å². The van der Waals surface area contributed by atoms with Crippen LogP contribution in [0.25, 0.3) is 0 Å². The van der Waals surface area contributed by atoms with E-state index in [1.54, 1.807) is 69.0 Å². The fourth-order valence-electron chi connectivity index (χ4n) is 5.67. The molecule has 0 unspecified atom stereocenters. The van der Waals surface area contributed by atoms with E-state index in [1.165, 1.54) is 52.1 Å². The van der Waals surface area contributed by atoms with E-state index in [9.17, 15) is 33.6 Å². The Bertz CT molecular complexity index is 2340. The number of nitrogens with one attached hydrogen (secondary N) is 6. The number of Topliss-reactive ketones (excluding diaryl/α,β-unsaturated/α-hetero) is 1. The molecule has 6 amide bonds. The molecule has 5 aromatic heterocycles. The Morgan fingerprint density at radius 3 is 1.51 bits per heavy atom. The molecule has 0 aliphatic heterocycles. The lowest BCUT2D eigenvalue weighted by atomic mass is 10.2. The van der Waals surface area contributed by atoms with Crippen molar-refractivity contribution in [2.75, 3.05) is 33.1 Å². The molecule has 0 fully saturated rings. The van der Waals surface area contributed by atoms with Gasteiger partial charge >= 0.3 is 0 Å². The second-order valence-corrected chi connectivity index (χ2v) is 12.8. The number of ketones is 1. The Kier molecular flexibility index (Phi) is 11.5. The number of amides is 6. The maximum absolute atomic E-state index is 13.1. The van der Waals surface area contributed by atoms with Crippen molar-refractivity contribution in [1.29, 1.82) is 0 Å². The fourth-order valence-corrected chi connectivity index (χ4v) is 5.67. The number of imidazole rings is 2. The minimum Gasteiger partial charge on any atom is -0.351 e. The maximum Gasteiger partial charge on any atom is 0.292 e. The van der Waals surface area contributed by atoms with Gasteiger partial charge in [0, 0.05) is 93.0 Å². The number of hydrogen-bond acceptors (Lipinski definition) is 9. The van der Waals surface area contributed by atoms with Crippen molar-refractivity contribution in [2.45, 2.75) is 26.7 Å². The van der Waals surface area contributed by atoms with E-state index in [0.717, 1.165) is 0 Å². The number of nitrogens with zero attached hydrogens (tertiary/aromatic N) is 7. The average Bonchev–Trinajstić information content (AvgIpc) is 3.91. The minimum atomic E-state index is -0.605. The SMILES string of the molecule is CC(=O)Nc1cn(C)c(C(=O)Nc2cn(C)c(C(=O)Nc3cc(C(=O)NCCCC(=O)Nc4cc(C(=O)Nc5cc(C(C)=O)n(C)c5)n(C)c4)n(C)c3)n2)n1. The van der Waals surface area contributed by atoms with E-state index < -0.39 is 23.6 Å². The first-order chi connectivity index (χ1) is 26.0. The first kappa shape index (κ1) is 39.0. The lowest BCUT2D eigenvalue weighted by Gasteiger charge is -2.06. The van der Waals surface area contributed by atoms with Crippen molar-refractivity contribution < 1.29 is 33.6 Å². The molecule has 0 radical (unpaired) electrons. The van der Waals surface area contributed by atoms with Crippen molar-refractivity contribution >= 4 is 69.9 Å². The molecule has 5 heterocycles. The Hall–Kier alpha value is -7.25. The molecule has 5 rings (SSSR count). The Labute approximate surface area is 314 Å². The third kappa shape index (κ3) is 9.41. The number of carbonyl (C=O) groups is 7. The first-order valence-corrected chi connectivity index (χ1v) is 16.9. The summed E-state index contributed by atoms with van der Waals surface area (Å²) >= 11 is 0. The van der Waals surface area contributed by atoms with Crippen LogP contribution >= 0.6 is 0 Å². The second-order valence-electron chi connectivity index (χ2n) is 12.8. The molecule has 288 valence electrons. The zero-order valence-corrected chi connectivity index (χ0v) is 31.2. The van der Waals surface area contributed by atoms with E-state index in [1.807, 2.05) is 0 Å². The summed E-state index contributed by atoms with van der Waals surface area (Å²) in [5, 5.41) is 16.1. The van der Waals surface area contributed by atoms with Crippen LogP contribution in [0.3, 0.4) is 0 Å². The van der Waals surface area contributed by atoms with E-state index in [2.05, 4.69) is 41.9 Å². The molecule has 0 aromatic carbocycles. The van der Waals surface area contributed by atoms with Crippen LogP contribution in [0.15, 0.2) is 49.2 Å². The molecule has 0 saturated heterocycles. The number of aromatic nitrogens is 7. The molecule has 0 atom stereocenters. The summed E-state index contributed by atoms with van der Waals surface area (Å²) in [6.07, 6.45) is 8.14. The standard InChI is InChI=1S/C35H41N13O7/c1-19(49)24-11-22(15-44(24)3)39-33(53)26-12-21(14-46(26)5)38-29(51)9-8-10-36-32(52)25-13-23(16-45(25)4)40-34(54)30-42-28(18-48(30)7)43-35(55)31-41-27(17-47(31)6)37-20(2)50/h11-18H,8-10H2,1-7H3,(H,36,52)(H,37,50)(H,38,51)(H,39,53)(H,40,54)(H,43,55). The van der Waals surface area contributed by atoms with Crippen LogP contribution in [-0.4, -0.2) is 80.6 Å². The summed E-state index contributed by atoms with van der Waals surface area (Å²) in [6, 6.07) is 4.61.